The van der Waals surface area contributed by atoms with Crippen LogP contribution >= 0.6 is 0 Å². The third kappa shape index (κ3) is 2.59. The lowest BCUT2D eigenvalue weighted by Crippen LogP contribution is -2.14. The van der Waals surface area contributed by atoms with Crippen LogP contribution in [0, 0.1) is 11.8 Å². The molecule has 94 valence electrons. The Balaban J connectivity index is 2.19. The first kappa shape index (κ1) is 12.3. The molecule has 17 heavy (non-hydrogen) atoms. The smallest absolute Gasteiger partial charge is 0.0863 e. The molecule has 0 aliphatic heterocycles. The van der Waals surface area contributed by atoms with Crippen LogP contribution in [-0.4, -0.2) is 15.0 Å². The van der Waals surface area contributed by atoms with Gasteiger partial charge in [-0.25, -0.2) is 4.68 Å². The summed E-state index contributed by atoms with van der Waals surface area (Å²) in [6, 6.07) is 0. The van der Waals surface area contributed by atoms with Crippen LogP contribution in [0.25, 0.3) is 5.70 Å². The molecule has 0 aromatic carbocycles. The molecule has 0 bridgehead atoms. The topological polar surface area (TPSA) is 30.7 Å². The Labute approximate surface area is 104 Å². The lowest BCUT2D eigenvalue weighted by molar-refractivity contribution is 0.322. The zero-order valence-electron chi connectivity index (χ0n) is 11.2. The second kappa shape index (κ2) is 5.03. The van der Waals surface area contributed by atoms with Gasteiger partial charge in [0.05, 0.1) is 11.4 Å². The number of fused-ring (bicyclic) bond motifs is 1. The minimum atomic E-state index is 0.785. The van der Waals surface area contributed by atoms with Crippen molar-refractivity contribution in [3.63, 3.8) is 0 Å². The van der Waals surface area contributed by atoms with E-state index < -0.39 is 0 Å². The Morgan fingerprint density at radius 1 is 1.35 bits per heavy atom. The van der Waals surface area contributed by atoms with E-state index in [2.05, 4.69) is 30.7 Å². The maximum atomic E-state index is 4.33. The average Bonchev–Trinajstić information content (AvgIpc) is 2.59. The molecule has 0 spiro atoms. The highest BCUT2D eigenvalue weighted by molar-refractivity contribution is 5.39. The number of hydrogen-bond donors (Lipinski definition) is 0. The normalized spacial score (nSPS) is 20.8. The summed E-state index contributed by atoms with van der Waals surface area (Å²) in [5, 5.41) is 8.54. The van der Waals surface area contributed by atoms with E-state index in [1.54, 1.807) is 0 Å². The molecule has 0 radical (unpaired) electrons. The van der Waals surface area contributed by atoms with Crippen molar-refractivity contribution >= 4 is 5.70 Å². The molecule has 1 atom stereocenters. The summed E-state index contributed by atoms with van der Waals surface area (Å²) in [5.41, 5.74) is 3.46. The summed E-state index contributed by atoms with van der Waals surface area (Å²) in [4.78, 5) is 0. The summed E-state index contributed by atoms with van der Waals surface area (Å²) in [6.07, 6.45) is 6.00. The zero-order chi connectivity index (χ0) is 12.4. The fraction of sp³-hybridized carbons (Fsp3) is 0.714. The summed E-state index contributed by atoms with van der Waals surface area (Å²) in [6.45, 7) is 10.6. The van der Waals surface area contributed by atoms with Gasteiger partial charge in [-0.05, 0) is 50.9 Å². The van der Waals surface area contributed by atoms with Crippen LogP contribution in [0.15, 0.2) is 6.58 Å². The van der Waals surface area contributed by atoms with E-state index >= 15 is 0 Å². The summed E-state index contributed by atoms with van der Waals surface area (Å²) >= 11 is 0. The number of nitrogens with zero attached hydrogens (tertiary/aromatic N) is 3. The number of aryl methyl sites for hydroxylation is 1. The van der Waals surface area contributed by atoms with Crippen molar-refractivity contribution < 1.29 is 0 Å². The quantitative estimate of drug-likeness (QED) is 0.784. The summed E-state index contributed by atoms with van der Waals surface area (Å²) in [7, 11) is 0. The number of hydrogen-bond acceptors (Lipinski definition) is 2. The van der Waals surface area contributed by atoms with Crippen LogP contribution in [-0.2, 0) is 12.8 Å². The first-order chi connectivity index (χ1) is 8.09. The Bertz CT molecular complexity index is 404. The molecule has 3 nitrogen and oxygen atoms in total. The van der Waals surface area contributed by atoms with E-state index in [4.69, 9.17) is 0 Å². The number of allylic oxidation sites excluding steroid dienone is 1. The van der Waals surface area contributed by atoms with Crippen molar-refractivity contribution in [2.75, 3.05) is 0 Å². The lowest BCUT2D eigenvalue weighted by Gasteiger charge is -2.22. The fourth-order valence-electron chi connectivity index (χ4n) is 2.75. The number of aromatic nitrogens is 3. The third-order valence-electron chi connectivity index (χ3n) is 3.89. The van der Waals surface area contributed by atoms with Crippen molar-refractivity contribution in [2.45, 2.75) is 52.9 Å². The molecule has 0 N–H and O–H groups in total. The zero-order valence-corrected chi connectivity index (χ0v) is 11.2. The Morgan fingerprint density at radius 2 is 2.12 bits per heavy atom. The van der Waals surface area contributed by atoms with E-state index in [0.29, 0.717) is 0 Å². The number of rotatable bonds is 2. The van der Waals surface area contributed by atoms with Crippen molar-refractivity contribution in [1.82, 2.24) is 15.0 Å². The van der Waals surface area contributed by atoms with E-state index in [-0.39, 0.29) is 0 Å². The van der Waals surface area contributed by atoms with Crippen molar-refractivity contribution in [3.05, 3.63) is 18.0 Å². The Morgan fingerprint density at radius 3 is 2.76 bits per heavy atom. The van der Waals surface area contributed by atoms with Gasteiger partial charge in [0, 0.05) is 5.70 Å². The van der Waals surface area contributed by atoms with Crippen LogP contribution in [0.2, 0.25) is 0 Å². The predicted octanol–water partition coefficient (Wildman–Crippen LogP) is 3.31. The van der Waals surface area contributed by atoms with E-state index in [1.165, 1.54) is 30.7 Å². The van der Waals surface area contributed by atoms with Crippen LogP contribution in [0.3, 0.4) is 0 Å². The molecule has 2 rings (SSSR count). The molecule has 0 saturated heterocycles. The predicted molar refractivity (Wildman–Crippen MR) is 70.6 cm³/mol. The van der Waals surface area contributed by atoms with Crippen LogP contribution in [0.5, 0.6) is 0 Å². The first-order valence-corrected chi connectivity index (χ1v) is 6.69. The molecular formula is C14H23N3. The maximum Gasteiger partial charge on any atom is 0.0863 e. The maximum absolute atomic E-state index is 4.33. The molecule has 1 unspecified atom stereocenters. The van der Waals surface area contributed by atoms with Gasteiger partial charge in [-0.3, -0.25) is 0 Å². The van der Waals surface area contributed by atoms with Gasteiger partial charge in [0.25, 0.3) is 0 Å². The van der Waals surface area contributed by atoms with Gasteiger partial charge in [0.15, 0.2) is 0 Å². The van der Waals surface area contributed by atoms with Gasteiger partial charge < -0.3 is 0 Å². The first-order valence-electron chi connectivity index (χ1n) is 6.69. The van der Waals surface area contributed by atoms with Crippen molar-refractivity contribution in [2.24, 2.45) is 11.8 Å². The fourth-order valence-corrected chi connectivity index (χ4v) is 2.75. The van der Waals surface area contributed by atoms with E-state index in [9.17, 15) is 0 Å². The molecule has 0 amide bonds. The van der Waals surface area contributed by atoms with Crippen molar-refractivity contribution in [3.8, 4) is 0 Å². The highest BCUT2D eigenvalue weighted by Gasteiger charge is 2.21. The summed E-state index contributed by atoms with van der Waals surface area (Å²) < 4.78 is 1.92. The molecular weight excluding hydrogens is 210 g/mol. The molecule has 1 aliphatic rings. The molecule has 0 fully saturated rings. The SMILES string of the molecule is C=C(C)n1nnc2c1CCCC(C(C)C)CC2. The molecule has 1 aromatic rings. The van der Waals surface area contributed by atoms with E-state index in [0.717, 1.165) is 30.4 Å². The molecule has 0 saturated carbocycles. The largest absolute Gasteiger partial charge is 0.222 e. The average molecular weight is 233 g/mol. The second-order valence-electron chi connectivity index (χ2n) is 5.56. The third-order valence-corrected chi connectivity index (χ3v) is 3.89. The molecule has 1 heterocycles. The standard InChI is InChI=1S/C14H23N3/c1-10(2)12-6-5-7-14-13(9-8-12)15-16-17(14)11(3)4/h10,12H,3,5-9H2,1-2,4H3. The van der Waals surface area contributed by atoms with Gasteiger partial charge in [-0.15, -0.1) is 5.10 Å². The van der Waals surface area contributed by atoms with Gasteiger partial charge in [0.2, 0.25) is 0 Å². The summed E-state index contributed by atoms with van der Waals surface area (Å²) in [5.74, 6) is 1.63. The van der Waals surface area contributed by atoms with E-state index in [1.807, 2.05) is 11.6 Å². The highest BCUT2D eigenvalue weighted by Crippen LogP contribution is 2.28. The van der Waals surface area contributed by atoms with Gasteiger partial charge in [0.1, 0.15) is 0 Å². The molecule has 1 aliphatic carbocycles. The van der Waals surface area contributed by atoms with Crippen LogP contribution < -0.4 is 0 Å². The van der Waals surface area contributed by atoms with Crippen molar-refractivity contribution in [1.29, 1.82) is 0 Å². The molecule has 1 aromatic heterocycles. The minimum absolute atomic E-state index is 0.785. The Hall–Kier alpha value is -1.12. The second-order valence-corrected chi connectivity index (χ2v) is 5.56. The van der Waals surface area contributed by atoms with Crippen LogP contribution in [0.1, 0.15) is 51.4 Å². The van der Waals surface area contributed by atoms with Gasteiger partial charge in [-0.2, -0.15) is 0 Å². The Kier molecular flexibility index (Phi) is 3.65. The van der Waals surface area contributed by atoms with Gasteiger partial charge in [-0.1, -0.05) is 25.6 Å². The monoisotopic (exact) mass is 233 g/mol. The van der Waals surface area contributed by atoms with Gasteiger partial charge >= 0.3 is 0 Å². The highest BCUT2D eigenvalue weighted by atomic mass is 15.4. The lowest BCUT2D eigenvalue weighted by atomic mass is 9.84. The minimum Gasteiger partial charge on any atom is -0.222 e. The molecule has 3 heteroatoms. The van der Waals surface area contributed by atoms with Crippen LogP contribution in [0.4, 0.5) is 0 Å².